The van der Waals surface area contributed by atoms with E-state index in [1.807, 2.05) is 6.92 Å². The van der Waals surface area contributed by atoms with Gasteiger partial charge in [0.1, 0.15) is 0 Å². The topological polar surface area (TPSA) is 83.0 Å². The third-order valence-corrected chi connectivity index (χ3v) is 5.31. The summed E-state index contributed by atoms with van der Waals surface area (Å²) in [6.07, 6.45) is 7.23. The predicted molar refractivity (Wildman–Crippen MR) is 117 cm³/mol. The molecular formula is C19H35IN4O3. The first-order chi connectivity index (χ1) is 12.7. The molecule has 0 spiro atoms. The van der Waals surface area contributed by atoms with Gasteiger partial charge in [-0.2, -0.15) is 0 Å². The Balaban J connectivity index is 0.00000364. The van der Waals surface area contributed by atoms with E-state index in [2.05, 4.69) is 20.5 Å². The molecule has 1 amide bonds. The Hall–Kier alpha value is -1.06. The average Bonchev–Trinajstić information content (AvgIpc) is 2.69. The molecular weight excluding hydrogens is 459 g/mol. The third-order valence-electron chi connectivity index (χ3n) is 5.31. The monoisotopic (exact) mass is 494 g/mol. The number of ether oxygens (including phenoxy) is 1. The Labute approximate surface area is 180 Å². The summed E-state index contributed by atoms with van der Waals surface area (Å²) in [6, 6.07) is 0. The van der Waals surface area contributed by atoms with E-state index < -0.39 is 0 Å². The number of hydrogen-bond donors (Lipinski definition) is 2. The van der Waals surface area contributed by atoms with Crippen LogP contribution in [-0.2, 0) is 14.3 Å². The van der Waals surface area contributed by atoms with Crippen molar-refractivity contribution in [2.24, 2.45) is 16.8 Å². The smallest absolute Gasteiger partial charge is 0.309 e. The maximum Gasteiger partial charge on any atom is 0.309 e. The minimum absolute atomic E-state index is 0. The van der Waals surface area contributed by atoms with Crippen LogP contribution in [-0.4, -0.2) is 62.6 Å². The zero-order chi connectivity index (χ0) is 18.8. The van der Waals surface area contributed by atoms with Crippen LogP contribution in [0.1, 0.15) is 51.9 Å². The second kappa shape index (κ2) is 13.2. The summed E-state index contributed by atoms with van der Waals surface area (Å²) in [6.45, 7) is 5.12. The van der Waals surface area contributed by atoms with Gasteiger partial charge in [0.15, 0.2) is 5.96 Å². The van der Waals surface area contributed by atoms with Crippen molar-refractivity contribution < 1.29 is 14.3 Å². The molecule has 1 aliphatic heterocycles. The van der Waals surface area contributed by atoms with Crippen LogP contribution in [0.2, 0.25) is 0 Å². The van der Waals surface area contributed by atoms with Crippen LogP contribution in [0.5, 0.6) is 0 Å². The van der Waals surface area contributed by atoms with Crippen molar-refractivity contribution in [1.82, 2.24) is 15.5 Å². The van der Waals surface area contributed by atoms with E-state index in [-0.39, 0.29) is 47.7 Å². The van der Waals surface area contributed by atoms with Gasteiger partial charge in [0.05, 0.1) is 12.5 Å². The highest BCUT2D eigenvalue weighted by molar-refractivity contribution is 14.0. The molecule has 156 valence electrons. The summed E-state index contributed by atoms with van der Waals surface area (Å²) in [7, 11) is 1.76. The molecule has 0 bridgehead atoms. The second-order valence-electron chi connectivity index (χ2n) is 7.11. The van der Waals surface area contributed by atoms with E-state index in [1.54, 1.807) is 7.05 Å². The molecule has 2 aliphatic rings. The van der Waals surface area contributed by atoms with Gasteiger partial charge in [-0.3, -0.25) is 14.6 Å². The van der Waals surface area contributed by atoms with Crippen LogP contribution in [0.25, 0.3) is 0 Å². The highest BCUT2D eigenvalue weighted by Gasteiger charge is 2.27. The van der Waals surface area contributed by atoms with Crippen molar-refractivity contribution >= 4 is 41.8 Å². The zero-order valence-corrected chi connectivity index (χ0v) is 19.0. The van der Waals surface area contributed by atoms with Gasteiger partial charge in [0, 0.05) is 39.1 Å². The maximum absolute atomic E-state index is 12.1. The molecule has 2 rings (SSSR count). The fourth-order valence-electron chi connectivity index (χ4n) is 3.79. The van der Waals surface area contributed by atoms with E-state index in [9.17, 15) is 9.59 Å². The number of likely N-dealkylation sites (tertiary alicyclic amines) is 1. The lowest BCUT2D eigenvalue weighted by Crippen LogP contribution is -2.48. The first kappa shape index (κ1) is 24.0. The summed E-state index contributed by atoms with van der Waals surface area (Å²) in [4.78, 5) is 30.5. The SMILES string of the molecule is CCOC(=O)C1CCN(C(=NC)NCCNC(=O)C2CCCCC2)CC1.I. The molecule has 0 aromatic heterocycles. The molecule has 1 saturated heterocycles. The number of guanidine groups is 1. The Morgan fingerprint density at radius 2 is 1.63 bits per heavy atom. The van der Waals surface area contributed by atoms with Gasteiger partial charge in [-0.1, -0.05) is 19.3 Å². The van der Waals surface area contributed by atoms with Crippen LogP contribution in [0, 0.1) is 11.8 Å². The van der Waals surface area contributed by atoms with E-state index in [1.165, 1.54) is 19.3 Å². The number of carbonyl (C=O) groups excluding carboxylic acids is 2. The number of amides is 1. The largest absolute Gasteiger partial charge is 0.466 e. The second-order valence-corrected chi connectivity index (χ2v) is 7.11. The Morgan fingerprint density at radius 3 is 2.22 bits per heavy atom. The number of rotatable bonds is 6. The van der Waals surface area contributed by atoms with Crippen molar-refractivity contribution in [3.63, 3.8) is 0 Å². The number of piperidine rings is 1. The first-order valence-corrected chi connectivity index (χ1v) is 10.1. The molecule has 27 heavy (non-hydrogen) atoms. The van der Waals surface area contributed by atoms with E-state index in [4.69, 9.17) is 4.74 Å². The number of nitrogens with zero attached hydrogens (tertiary/aromatic N) is 2. The molecule has 8 heteroatoms. The predicted octanol–water partition coefficient (Wildman–Crippen LogP) is 2.15. The first-order valence-electron chi connectivity index (χ1n) is 10.1. The minimum atomic E-state index is -0.0829. The van der Waals surface area contributed by atoms with Gasteiger partial charge in [0.25, 0.3) is 0 Å². The maximum atomic E-state index is 12.1. The van der Waals surface area contributed by atoms with Crippen LogP contribution >= 0.6 is 24.0 Å². The van der Waals surface area contributed by atoms with Gasteiger partial charge < -0.3 is 20.3 Å². The Morgan fingerprint density at radius 1 is 1.00 bits per heavy atom. The fourth-order valence-corrected chi connectivity index (χ4v) is 3.79. The molecule has 1 heterocycles. The number of halogens is 1. The number of hydrogen-bond acceptors (Lipinski definition) is 4. The van der Waals surface area contributed by atoms with Gasteiger partial charge in [-0.15, -0.1) is 24.0 Å². The summed E-state index contributed by atoms with van der Waals surface area (Å²) >= 11 is 0. The molecule has 7 nitrogen and oxygen atoms in total. The van der Waals surface area contributed by atoms with Crippen molar-refractivity contribution in [2.75, 3.05) is 39.8 Å². The van der Waals surface area contributed by atoms with Crippen molar-refractivity contribution in [3.8, 4) is 0 Å². The molecule has 0 unspecified atom stereocenters. The minimum Gasteiger partial charge on any atom is -0.466 e. The van der Waals surface area contributed by atoms with Crippen LogP contribution in [0.15, 0.2) is 4.99 Å². The van der Waals surface area contributed by atoms with E-state index in [0.717, 1.165) is 44.7 Å². The molecule has 1 saturated carbocycles. The van der Waals surface area contributed by atoms with E-state index >= 15 is 0 Å². The Kier molecular flexibility index (Phi) is 11.7. The molecule has 2 N–H and O–H groups in total. The number of aliphatic imine (C=N–C) groups is 1. The van der Waals surface area contributed by atoms with E-state index in [0.29, 0.717) is 19.7 Å². The van der Waals surface area contributed by atoms with Crippen LogP contribution in [0.3, 0.4) is 0 Å². The lowest BCUT2D eigenvalue weighted by molar-refractivity contribution is -0.149. The fraction of sp³-hybridized carbons (Fsp3) is 0.842. The van der Waals surface area contributed by atoms with Crippen LogP contribution < -0.4 is 10.6 Å². The average molecular weight is 494 g/mol. The molecule has 0 radical (unpaired) electrons. The lowest BCUT2D eigenvalue weighted by atomic mass is 9.89. The normalized spacial score (nSPS) is 19.2. The third kappa shape index (κ3) is 7.83. The lowest BCUT2D eigenvalue weighted by Gasteiger charge is -2.33. The highest BCUT2D eigenvalue weighted by atomic mass is 127. The van der Waals surface area contributed by atoms with Crippen molar-refractivity contribution in [3.05, 3.63) is 0 Å². The Bertz CT molecular complexity index is 487. The van der Waals surface area contributed by atoms with Crippen LogP contribution in [0.4, 0.5) is 0 Å². The van der Waals surface area contributed by atoms with Crippen molar-refractivity contribution in [1.29, 1.82) is 0 Å². The summed E-state index contributed by atoms with van der Waals surface area (Å²) in [5.74, 6) is 1.14. The molecule has 1 aliphatic carbocycles. The summed E-state index contributed by atoms with van der Waals surface area (Å²) in [5.41, 5.74) is 0. The van der Waals surface area contributed by atoms with Gasteiger partial charge >= 0.3 is 5.97 Å². The molecule has 0 aromatic rings. The molecule has 2 fully saturated rings. The highest BCUT2D eigenvalue weighted by Crippen LogP contribution is 2.23. The number of nitrogens with one attached hydrogen (secondary N) is 2. The van der Waals surface area contributed by atoms with Gasteiger partial charge in [-0.25, -0.2) is 0 Å². The standard InChI is InChI=1S/C19H34N4O3.HI/c1-3-26-18(25)16-9-13-23(14-10-16)19(20-2)22-12-11-21-17(24)15-7-5-4-6-8-15;/h15-16H,3-14H2,1-2H3,(H,20,22)(H,21,24);1H. The summed E-state index contributed by atoms with van der Waals surface area (Å²) in [5, 5.41) is 6.35. The van der Waals surface area contributed by atoms with Gasteiger partial charge in [-0.05, 0) is 32.6 Å². The molecule has 0 atom stereocenters. The quantitative estimate of drug-likeness (QED) is 0.195. The zero-order valence-electron chi connectivity index (χ0n) is 16.7. The van der Waals surface area contributed by atoms with Crippen molar-refractivity contribution in [2.45, 2.75) is 51.9 Å². The van der Waals surface area contributed by atoms with Gasteiger partial charge in [0.2, 0.25) is 5.91 Å². The molecule has 0 aromatic carbocycles. The number of carbonyl (C=O) groups is 2. The number of esters is 1. The summed E-state index contributed by atoms with van der Waals surface area (Å²) < 4.78 is 5.11.